The van der Waals surface area contributed by atoms with Gasteiger partial charge in [-0.3, -0.25) is 14.9 Å². The number of alkyl halides is 1. The van der Waals surface area contributed by atoms with E-state index in [1.54, 1.807) is 7.05 Å². The van der Waals surface area contributed by atoms with Gasteiger partial charge in [-0.25, -0.2) is 0 Å². The predicted molar refractivity (Wildman–Crippen MR) is 69.9 cm³/mol. The van der Waals surface area contributed by atoms with Gasteiger partial charge in [0.2, 0.25) is 0 Å². The number of nitrogens with one attached hydrogen (secondary N) is 1. The summed E-state index contributed by atoms with van der Waals surface area (Å²) in [7, 11) is 1.62. The summed E-state index contributed by atoms with van der Waals surface area (Å²) in [6.07, 6.45) is 3.55. The highest BCUT2D eigenvalue weighted by Crippen LogP contribution is 2.46. The van der Waals surface area contributed by atoms with Crippen molar-refractivity contribution in [3.8, 4) is 0 Å². The monoisotopic (exact) mass is 315 g/mol. The fraction of sp³-hybridized carbons (Fsp3) is 0.545. The number of aryl methyl sites for hydroxylation is 1. The third-order valence-corrected chi connectivity index (χ3v) is 4.49. The highest BCUT2D eigenvalue weighted by atomic mass is 79.9. The minimum atomic E-state index is -0.502. The number of carbonyl (C=O) groups excluding carboxylic acids is 1. The highest BCUT2D eigenvalue weighted by molar-refractivity contribution is 9.09. The first-order chi connectivity index (χ1) is 8.47. The molecule has 0 bridgehead atoms. The molecule has 0 spiro atoms. The van der Waals surface area contributed by atoms with Gasteiger partial charge < -0.3 is 9.88 Å². The molecule has 1 amide bonds. The van der Waals surface area contributed by atoms with Gasteiger partial charge in [0, 0.05) is 25.0 Å². The number of rotatable bonds is 5. The molecule has 18 heavy (non-hydrogen) atoms. The number of aromatic nitrogens is 1. The van der Waals surface area contributed by atoms with Gasteiger partial charge in [0.25, 0.3) is 11.6 Å². The van der Waals surface area contributed by atoms with Crippen molar-refractivity contribution in [2.45, 2.75) is 12.8 Å². The van der Waals surface area contributed by atoms with Crippen LogP contribution in [0.5, 0.6) is 0 Å². The maximum atomic E-state index is 11.9. The zero-order valence-electron chi connectivity index (χ0n) is 9.98. The maximum Gasteiger partial charge on any atom is 0.287 e. The first-order valence-electron chi connectivity index (χ1n) is 5.62. The number of nitrogens with zero attached hydrogens (tertiary/aromatic N) is 2. The Balaban J connectivity index is 2.02. The van der Waals surface area contributed by atoms with Crippen LogP contribution in [0, 0.1) is 15.5 Å². The second kappa shape index (κ2) is 4.72. The number of amides is 1. The van der Waals surface area contributed by atoms with Gasteiger partial charge in [0.1, 0.15) is 5.69 Å². The van der Waals surface area contributed by atoms with E-state index in [0.717, 1.165) is 18.2 Å². The zero-order chi connectivity index (χ0) is 13.3. The van der Waals surface area contributed by atoms with Crippen molar-refractivity contribution in [2.24, 2.45) is 12.5 Å². The van der Waals surface area contributed by atoms with Gasteiger partial charge in [-0.2, -0.15) is 0 Å². The topological polar surface area (TPSA) is 77.2 Å². The van der Waals surface area contributed by atoms with Crippen molar-refractivity contribution < 1.29 is 9.72 Å². The molecule has 2 rings (SSSR count). The van der Waals surface area contributed by atoms with Crippen LogP contribution in [0.2, 0.25) is 0 Å². The molecule has 6 nitrogen and oxygen atoms in total. The number of halogens is 1. The summed E-state index contributed by atoms with van der Waals surface area (Å²) in [5, 5.41) is 14.3. The molecule has 1 aromatic rings. The summed E-state index contributed by atoms with van der Waals surface area (Å²) >= 11 is 3.43. The molecule has 0 radical (unpaired) electrons. The Morgan fingerprint density at radius 1 is 1.67 bits per heavy atom. The number of nitro groups is 1. The maximum absolute atomic E-state index is 11.9. The lowest BCUT2D eigenvalue weighted by molar-refractivity contribution is -0.384. The van der Waals surface area contributed by atoms with E-state index in [4.69, 9.17) is 0 Å². The van der Waals surface area contributed by atoms with Crippen molar-refractivity contribution in [1.29, 1.82) is 0 Å². The summed E-state index contributed by atoms with van der Waals surface area (Å²) in [4.78, 5) is 22.0. The van der Waals surface area contributed by atoms with Gasteiger partial charge in [-0.15, -0.1) is 0 Å². The van der Waals surface area contributed by atoms with E-state index in [-0.39, 0.29) is 17.0 Å². The average Bonchev–Trinajstić information content (AvgIpc) is 3.02. The number of hydrogen-bond acceptors (Lipinski definition) is 3. The number of carbonyl (C=O) groups is 1. The van der Waals surface area contributed by atoms with E-state index in [0.29, 0.717) is 12.2 Å². The van der Waals surface area contributed by atoms with E-state index in [2.05, 4.69) is 21.2 Å². The van der Waals surface area contributed by atoms with E-state index >= 15 is 0 Å². The van der Waals surface area contributed by atoms with E-state index in [1.807, 2.05) is 0 Å². The lowest BCUT2D eigenvalue weighted by Gasteiger charge is -2.12. The molecule has 1 aliphatic carbocycles. The molecule has 0 unspecified atom stereocenters. The van der Waals surface area contributed by atoms with Crippen LogP contribution < -0.4 is 5.32 Å². The smallest absolute Gasteiger partial charge is 0.287 e. The van der Waals surface area contributed by atoms with Crippen LogP contribution in [-0.2, 0) is 7.05 Å². The predicted octanol–water partition coefficient (Wildman–Crippen LogP) is 1.84. The lowest BCUT2D eigenvalue weighted by Crippen LogP contribution is -2.31. The minimum absolute atomic E-state index is 0.0655. The van der Waals surface area contributed by atoms with Gasteiger partial charge in [0.15, 0.2) is 0 Å². The largest absolute Gasteiger partial charge is 0.350 e. The second-order valence-electron chi connectivity index (χ2n) is 4.77. The van der Waals surface area contributed by atoms with Crippen LogP contribution in [0.3, 0.4) is 0 Å². The molecule has 1 N–H and O–H groups in total. The van der Waals surface area contributed by atoms with Crippen molar-refractivity contribution in [1.82, 2.24) is 9.88 Å². The van der Waals surface area contributed by atoms with E-state index in [9.17, 15) is 14.9 Å². The Kier molecular flexibility index (Phi) is 3.43. The van der Waals surface area contributed by atoms with Crippen LogP contribution in [0.25, 0.3) is 0 Å². The molecule has 0 aliphatic heterocycles. The molecule has 0 atom stereocenters. The van der Waals surface area contributed by atoms with Crippen LogP contribution in [-0.4, -0.2) is 27.3 Å². The SMILES string of the molecule is Cn1cc([N+](=O)[O-])cc1C(=O)NCC1(CBr)CC1. The molecule has 7 heteroatoms. The fourth-order valence-electron chi connectivity index (χ4n) is 1.77. The summed E-state index contributed by atoms with van der Waals surface area (Å²) < 4.78 is 1.47. The Labute approximate surface area is 113 Å². The zero-order valence-corrected chi connectivity index (χ0v) is 11.6. The van der Waals surface area contributed by atoms with Crippen molar-refractivity contribution in [2.75, 3.05) is 11.9 Å². The molecule has 0 saturated heterocycles. The van der Waals surface area contributed by atoms with Crippen molar-refractivity contribution in [3.05, 3.63) is 28.1 Å². The summed E-state index contributed by atoms with van der Waals surface area (Å²) in [6.45, 7) is 0.607. The molecule has 0 aromatic carbocycles. The first kappa shape index (κ1) is 13.1. The van der Waals surface area contributed by atoms with Gasteiger partial charge in [0.05, 0.1) is 11.1 Å². The Bertz CT molecular complexity index is 494. The third kappa shape index (κ3) is 2.55. The molecule has 1 heterocycles. The normalized spacial score (nSPS) is 16.3. The van der Waals surface area contributed by atoms with Crippen LogP contribution >= 0.6 is 15.9 Å². The summed E-state index contributed by atoms with van der Waals surface area (Å²) in [6, 6.07) is 1.29. The van der Waals surface area contributed by atoms with Crippen LogP contribution in [0.15, 0.2) is 12.3 Å². The molecule has 1 aliphatic rings. The lowest BCUT2D eigenvalue weighted by atomic mass is 10.1. The first-order valence-corrected chi connectivity index (χ1v) is 6.74. The minimum Gasteiger partial charge on any atom is -0.350 e. The fourth-order valence-corrected chi connectivity index (χ4v) is 2.52. The number of hydrogen-bond donors (Lipinski definition) is 1. The Morgan fingerprint density at radius 2 is 2.33 bits per heavy atom. The quantitative estimate of drug-likeness (QED) is 0.511. The molecule has 1 saturated carbocycles. The highest BCUT2D eigenvalue weighted by Gasteiger charge is 2.41. The van der Waals surface area contributed by atoms with Crippen LogP contribution in [0.1, 0.15) is 23.3 Å². The molecule has 1 aromatic heterocycles. The molecule has 1 fully saturated rings. The van der Waals surface area contributed by atoms with Crippen molar-refractivity contribution in [3.63, 3.8) is 0 Å². The Morgan fingerprint density at radius 3 is 2.78 bits per heavy atom. The second-order valence-corrected chi connectivity index (χ2v) is 5.33. The standard InChI is InChI=1S/C11H14BrN3O3/c1-14-5-8(15(17)18)4-9(14)10(16)13-7-11(6-12)2-3-11/h4-5H,2-3,6-7H2,1H3,(H,13,16). The third-order valence-electron chi connectivity index (χ3n) is 3.30. The van der Waals surface area contributed by atoms with Gasteiger partial charge in [-0.1, -0.05) is 15.9 Å². The molecular formula is C11H14BrN3O3. The molecule has 98 valence electrons. The summed E-state index contributed by atoms with van der Waals surface area (Å²) in [5.74, 6) is -0.266. The van der Waals surface area contributed by atoms with E-state index in [1.165, 1.54) is 16.8 Å². The molecular weight excluding hydrogens is 302 g/mol. The summed E-state index contributed by atoms with van der Waals surface area (Å²) in [5.41, 5.74) is 0.434. The Hall–Kier alpha value is -1.37. The van der Waals surface area contributed by atoms with Gasteiger partial charge >= 0.3 is 0 Å². The average molecular weight is 316 g/mol. The van der Waals surface area contributed by atoms with Crippen LogP contribution in [0.4, 0.5) is 5.69 Å². The van der Waals surface area contributed by atoms with Gasteiger partial charge in [-0.05, 0) is 18.3 Å². The van der Waals surface area contributed by atoms with Crippen molar-refractivity contribution >= 4 is 27.5 Å². The van der Waals surface area contributed by atoms with E-state index < -0.39 is 4.92 Å².